The van der Waals surface area contributed by atoms with Gasteiger partial charge in [0.25, 0.3) is 0 Å². The number of nitrogens with one attached hydrogen (secondary N) is 1. The van der Waals surface area contributed by atoms with Gasteiger partial charge in [-0.05, 0) is 37.8 Å². The summed E-state index contributed by atoms with van der Waals surface area (Å²) in [5.74, 6) is -4.24. The number of aromatic nitrogens is 1. The van der Waals surface area contributed by atoms with Crippen LogP contribution < -0.4 is 5.32 Å². The van der Waals surface area contributed by atoms with Crippen molar-refractivity contribution < 1.29 is 29.7 Å². The number of nitrogens with zero attached hydrogens (tertiary/aromatic N) is 3. The zero-order chi connectivity index (χ0) is 32.1. The molecule has 1 aromatic carbocycles. The van der Waals surface area contributed by atoms with Crippen molar-refractivity contribution >= 4 is 52.4 Å². The highest BCUT2D eigenvalue weighted by Gasteiger charge is 2.41. The molecule has 1 atom stereocenters. The molecular weight excluding hydrogens is 639 g/mol. The van der Waals surface area contributed by atoms with Gasteiger partial charge in [-0.1, -0.05) is 48.5 Å². The lowest BCUT2D eigenvalue weighted by Gasteiger charge is -2.38. The molecule has 242 valence electrons. The molecule has 3 aliphatic rings. The normalized spacial score (nSPS) is 20.7. The van der Waals surface area contributed by atoms with Gasteiger partial charge in [0.05, 0.1) is 34.1 Å². The number of aliphatic hydroxyl groups is 1. The first-order chi connectivity index (χ1) is 21.6. The predicted molar refractivity (Wildman–Crippen MR) is 172 cm³/mol. The van der Waals surface area contributed by atoms with Crippen LogP contribution >= 0.6 is 34.5 Å². The second-order valence-corrected chi connectivity index (χ2v) is 13.7. The van der Waals surface area contributed by atoms with Crippen LogP contribution in [0.5, 0.6) is 0 Å². The molecule has 1 saturated heterocycles. The zero-order valence-corrected chi connectivity index (χ0v) is 27.3. The van der Waals surface area contributed by atoms with Crippen LogP contribution in [0.1, 0.15) is 67.9 Å². The number of carbonyl (C=O) groups excluding carboxylic acids is 1. The molecule has 2 fully saturated rings. The summed E-state index contributed by atoms with van der Waals surface area (Å²) in [5, 5.41) is 37.7. The fraction of sp³-hybridized carbons (Fsp3) is 0.500. The highest BCUT2D eigenvalue weighted by atomic mass is 35.5. The van der Waals surface area contributed by atoms with E-state index in [0.717, 1.165) is 37.2 Å². The smallest absolute Gasteiger partial charge is 0.334 e. The lowest BCUT2D eigenvalue weighted by atomic mass is 9.79. The number of rotatable bonds is 11. The maximum atomic E-state index is 13.6. The number of hydrogen-bond donors (Lipinski definition) is 4. The van der Waals surface area contributed by atoms with E-state index >= 15 is 0 Å². The van der Waals surface area contributed by atoms with Crippen LogP contribution in [0.15, 0.2) is 52.3 Å². The lowest BCUT2D eigenvalue weighted by Crippen LogP contribution is -2.50. The van der Waals surface area contributed by atoms with Crippen molar-refractivity contribution in [3.63, 3.8) is 0 Å². The highest BCUT2D eigenvalue weighted by molar-refractivity contribution is 7.09. The summed E-state index contributed by atoms with van der Waals surface area (Å²) in [5.41, 5.74) is -0.469. The average Bonchev–Trinajstić information content (AvgIpc) is 3.53. The summed E-state index contributed by atoms with van der Waals surface area (Å²) >= 11 is 14.5. The fourth-order valence-electron chi connectivity index (χ4n) is 6.64. The van der Waals surface area contributed by atoms with Crippen LogP contribution in [-0.4, -0.2) is 86.3 Å². The van der Waals surface area contributed by atoms with E-state index < -0.39 is 23.5 Å². The van der Waals surface area contributed by atoms with Gasteiger partial charge in [-0.3, -0.25) is 9.69 Å². The molecule has 1 saturated carbocycles. The second-order valence-electron chi connectivity index (χ2n) is 11.9. The first-order valence-electron chi connectivity index (χ1n) is 15.3. The van der Waals surface area contributed by atoms with Gasteiger partial charge in [0, 0.05) is 77.7 Å². The summed E-state index contributed by atoms with van der Waals surface area (Å²) in [6, 6.07) is 4.68. The molecule has 3 heterocycles. The molecule has 45 heavy (non-hydrogen) atoms. The predicted octanol–water partition coefficient (Wildman–Crippen LogP) is 5.07. The molecule has 10 nitrogen and oxygen atoms in total. The molecule has 1 unspecified atom stereocenters. The highest BCUT2D eigenvalue weighted by Crippen LogP contribution is 2.45. The van der Waals surface area contributed by atoms with Crippen molar-refractivity contribution in [2.24, 2.45) is 0 Å². The molecule has 4 N–H and O–H groups in total. The van der Waals surface area contributed by atoms with Crippen LogP contribution in [0.3, 0.4) is 0 Å². The first kappa shape index (κ1) is 33.4. The van der Waals surface area contributed by atoms with Crippen LogP contribution in [0, 0.1) is 0 Å². The van der Waals surface area contributed by atoms with E-state index in [-0.39, 0.29) is 56.9 Å². The Morgan fingerprint density at radius 2 is 1.60 bits per heavy atom. The molecular formula is C32H38Cl2N4O6S. The molecule has 5 rings (SSSR count). The molecule has 1 amide bonds. The summed E-state index contributed by atoms with van der Waals surface area (Å²) in [6.45, 7) is 3.01. The van der Waals surface area contributed by atoms with Crippen LogP contribution in [0.25, 0.3) is 0 Å². The minimum absolute atomic E-state index is 0.120. The number of dihydropyridines is 1. The Morgan fingerprint density at radius 1 is 0.956 bits per heavy atom. The van der Waals surface area contributed by atoms with E-state index in [1.807, 2.05) is 5.38 Å². The van der Waals surface area contributed by atoms with Crippen molar-refractivity contribution in [1.29, 1.82) is 0 Å². The van der Waals surface area contributed by atoms with Gasteiger partial charge in [-0.25, -0.2) is 14.6 Å². The van der Waals surface area contributed by atoms with Crippen molar-refractivity contribution in [2.45, 2.75) is 69.3 Å². The van der Waals surface area contributed by atoms with Crippen LogP contribution in [0.4, 0.5) is 0 Å². The number of carbonyl (C=O) groups is 3. The zero-order valence-electron chi connectivity index (χ0n) is 24.9. The number of carboxylic acid groups (broad SMARTS) is 2. The third-order valence-corrected chi connectivity index (χ3v) is 10.6. The number of allylic oxidation sites excluding steroid dienone is 1. The van der Waals surface area contributed by atoms with Crippen LogP contribution in [0.2, 0.25) is 10.0 Å². The molecule has 2 aliphatic heterocycles. The van der Waals surface area contributed by atoms with Crippen molar-refractivity contribution in [2.75, 3.05) is 32.7 Å². The van der Waals surface area contributed by atoms with Gasteiger partial charge in [-0.15, -0.1) is 11.3 Å². The van der Waals surface area contributed by atoms with E-state index in [0.29, 0.717) is 39.0 Å². The Morgan fingerprint density at radius 3 is 2.20 bits per heavy atom. The van der Waals surface area contributed by atoms with E-state index in [1.165, 1.54) is 29.9 Å². The molecule has 0 radical (unpaired) electrons. The molecule has 2 aromatic rings. The monoisotopic (exact) mass is 676 g/mol. The van der Waals surface area contributed by atoms with Gasteiger partial charge in [0.2, 0.25) is 5.91 Å². The quantitative estimate of drug-likeness (QED) is 0.257. The minimum Gasteiger partial charge on any atom is -0.478 e. The number of thiazole rings is 1. The minimum atomic E-state index is -1.37. The summed E-state index contributed by atoms with van der Waals surface area (Å²) in [6.07, 6.45) is 7.72. The van der Waals surface area contributed by atoms with Crippen molar-refractivity contribution in [1.82, 2.24) is 20.1 Å². The number of aryl methyl sites for hydroxylation is 1. The van der Waals surface area contributed by atoms with Gasteiger partial charge in [0.15, 0.2) is 0 Å². The van der Waals surface area contributed by atoms with E-state index in [1.54, 1.807) is 17.2 Å². The molecule has 0 bridgehead atoms. The van der Waals surface area contributed by atoms with E-state index in [9.17, 15) is 29.7 Å². The number of hydrogen-bond acceptors (Lipinski definition) is 8. The Bertz CT molecular complexity index is 1460. The Balaban J connectivity index is 1.38. The Labute approximate surface area is 276 Å². The molecule has 1 aromatic heterocycles. The largest absolute Gasteiger partial charge is 0.478 e. The third kappa shape index (κ3) is 7.89. The Hall–Kier alpha value is -2.96. The number of halogens is 2. The average molecular weight is 678 g/mol. The van der Waals surface area contributed by atoms with Crippen LogP contribution in [-0.2, 0) is 20.8 Å². The van der Waals surface area contributed by atoms with E-state index in [2.05, 4.69) is 15.2 Å². The summed E-state index contributed by atoms with van der Waals surface area (Å²) in [7, 11) is 0. The standard InChI is InChI=1S/C32H38Cl2N4O6S/c33-20-5-4-6-21(34)26(20)29-27(30(40)41)22(7-8-24-35-12-18-45-24)36-23(28(29)31(42)43)19-25(39)38-16-14-37(15-17-38)13-11-32(44)9-2-1-3-10-32/h4-6,12,18,29,36,44H,1-3,7-11,13-17,19H2,(H,40,41)(H,42,43). The topological polar surface area (TPSA) is 143 Å². The first-order valence-corrected chi connectivity index (χ1v) is 16.9. The van der Waals surface area contributed by atoms with Gasteiger partial charge < -0.3 is 25.5 Å². The molecule has 1 aliphatic carbocycles. The summed E-state index contributed by atoms with van der Waals surface area (Å²) in [4.78, 5) is 47.5. The van der Waals surface area contributed by atoms with Gasteiger partial charge >= 0.3 is 11.9 Å². The number of benzene rings is 1. The number of aliphatic carboxylic acids is 2. The Kier molecular flexibility index (Phi) is 10.9. The van der Waals surface area contributed by atoms with Gasteiger partial charge in [0.1, 0.15) is 0 Å². The lowest BCUT2D eigenvalue weighted by molar-refractivity contribution is -0.133. The maximum Gasteiger partial charge on any atom is 0.334 e. The number of piperazine rings is 1. The molecule has 13 heteroatoms. The number of carboxylic acids is 2. The number of amides is 1. The SMILES string of the molecule is O=C(O)C1=C(CCc2nccs2)NC(CC(=O)N2CCN(CCC3(O)CCCCC3)CC2)=C(C(=O)O)C1c1c(Cl)cccc1Cl. The summed E-state index contributed by atoms with van der Waals surface area (Å²) < 4.78 is 0. The van der Waals surface area contributed by atoms with Crippen molar-refractivity contribution in [3.8, 4) is 0 Å². The maximum absolute atomic E-state index is 13.6. The van der Waals surface area contributed by atoms with E-state index in [4.69, 9.17) is 23.2 Å². The third-order valence-electron chi connectivity index (χ3n) is 9.08. The van der Waals surface area contributed by atoms with Crippen molar-refractivity contribution in [3.05, 3.63) is 72.9 Å². The fourth-order valence-corrected chi connectivity index (χ4v) is 7.88. The molecule has 0 spiro atoms. The van der Waals surface area contributed by atoms with Gasteiger partial charge in [-0.2, -0.15) is 0 Å². The second kappa shape index (κ2) is 14.6.